The number of carbonyl (C=O) groups excluding carboxylic acids is 1. The SMILES string of the molecule is O=C(c1c(C(F)(F)F)nn(-c2ccc(F)cc2)c1O)C(F)(F)F.[Mn]. The molecule has 0 atom stereocenters. The molecule has 4 nitrogen and oxygen atoms in total. The Bertz CT molecular complexity index is 750. The Morgan fingerprint density at radius 2 is 1.54 bits per heavy atom. The molecule has 0 fully saturated rings. The minimum atomic E-state index is -5.64. The van der Waals surface area contributed by atoms with Crippen molar-refractivity contribution in [3.05, 3.63) is 41.3 Å². The van der Waals surface area contributed by atoms with Crippen LogP contribution >= 0.6 is 0 Å². The first kappa shape index (κ1) is 20.0. The molecule has 131 valence electrons. The Hall–Kier alpha value is -2.07. The van der Waals surface area contributed by atoms with Crippen molar-refractivity contribution in [1.29, 1.82) is 0 Å². The van der Waals surface area contributed by atoms with Crippen molar-refractivity contribution in [1.82, 2.24) is 9.78 Å². The van der Waals surface area contributed by atoms with Gasteiger partial charge in [-0.15, -0.1) is 0 Å². The van der Waals surface area contributed by atoms with Gasteiger partial charge in [-0.05, 0) is 24.3 Å². The van der Waals surface area contributed by atoms with Gasteiger partial charge in [0.1, 0.15) is 11.4 Å². The molecular weight excluding hydrogens is 392 g/mol. The molecule has 0 aliphatic carbocycles. The van der Waals surface area contributed by atoms with Crippen molar-refractivity contribution in [2.45, 2.75) is 12.4 Å². The zero-order valence-electron chi connectivity index (χ0n) is 11.1. The van der Waals surface area contributed by atoms with Gasteiger partial charge in [0.2, 0.25) is 5.88 Å². The van der Waals surface area contributed by atoms with Crippen LogP contribution in [0, 0.1) is 5.82 Å². The molecule has 1 N–H and O–H groups in total. The molecule has 2 rings (SSSR count). The Labute approximate surface area is 139 Å². The third-order valence-corrected chi connectivity index (χ3v) is 2.69. The smallest absolute Gasteiger partial charge is 0.455 e. The van der Waals surface area contributed by atoms with E-state index >= 15 is 0 Å². The van der Waals surface area contributed by atoms with Crippen molar-refractivity contribution in [2.75, 3.05) is 0 Å². The number of nitrogens with zero attached hydrogens (tertiary/aromatic N) is 2. The fourth-order valence-corrected chi connectivity index (χ4v) is 1.72. The number of hydrogen-bond acceptors (Lipinski definition) is 3. The van der Waals surface area contributed by atoms with Gasteiger partial charge in [-0.3, -0.25) is 4.79 Å². The van der Waals surface area contributed by atoms with Gasteiger partial charge in [-0.2, -0.15) is 36.1 Å². The molecule has 24 heavy (non-hydrogen) atoms. The molecule has 0 bridgehead atoms. The zero-order valence-corrected chi connectivity index (χ0v) is 12.3. The largest absolute Gasteiger partial charge is 0.493 e. The number of aromatic nitrogens is 2. The van der Waals surface area contributed by atoms with Crippen LogP contribution in [-0.2, 0) is 23.2 Å². The summed E-state index contributed by atoms with van der Waals surface area (Å²) in [5.41, 5.74) is -4.58. The molecule has 1 aromatic carbocycles. The van der Waals surface area contributed by atoms with E-state index in [1.54, 1.807) is 0 Å². The zero-order chi connectivity index (χ0) is 17.6. The first-order valence-corrected chi connectivity index (χ1v) is 5.69. The van der Waals surface area contributed by atoms with Gasteiger partial charge in [0.15, 0.2) is 5.69 Å². The molecule has 0 spiro atoms. The monoisotopic (exact) mass is 397 g/mol. The van der Waals surface area contributed by atoms with Crippen LogP contribution in [0.15, 0.2) is 24.3 Å². The van der Waals surface area contributed by atoms with Gasteiger partial charge in [0, 0.05) is 17.1 Å². The van der Waals surface area contributed by atoms with Gasteiger partial charge in [-0.1, -0.05) is 0 Å². The summed E-state index contributed by atoms with van der Waals surface area (Å²) >= 11 is 0. The van der Waals surface area contributed by atoms with E-state index < -0.39 is 41.1 Å². The number of aromatic hydroxyl groups is 1. The fraction of sp³-hybridized carbons (Fsp3) is 0.167. The quantitative estimate of drug-likeness (QED) is 0.480. The van der Waals surface area contributed by atoms with E-state index in [9.17, 15) is 40.6 Å². The Balaban J connectivity index is 0.00000288. The van der Waals surface area contributed by atoms with E-state index in [2.05, 4.69) is 5.10 Å². The summed E-state index contributed by atoms with van der Waals surface area (Å²) in [6.45, 7) is 0. The van der Waals surface area contributed by atoms with E-state index in [0.29, 0.717) is 0 Å². The van der Waals surface area contributed by atoms with Crippen LogP contribution < -0.4 is 0 Å². The summed E-state index contributed by atoms with van der Waals surface area (Å²) in [7, 11) is 0. The predicted octanol–water partition coefficient (Wildman–Crippen LogP) is 3.48. The summed E-state index contributed by atoms with van der Waals surface area (Å²) in [5.74, 6) is -5.31. The first-order chi connectivity index (χ1) is 10.4. The molecular formula is C12H5F7MnN2O2. The number of carbonyl (C=O) groups is 1. The normalized spacial score (nSPS) is 12.0. The number of hydrogen-bond donors (Lipinski definition) is 1. The minimum Gasteiger partial charge on any atom is -0.493 e. The van der Waals surface area contributed by atoms with E-state index in [-0.39, 0.29) is 27.4 Å². The van der Waals surface area contributed by atoms with Crippen LogP contribution in [0.4, 0.5) is 30.7 Å². The van der Waals surface area contributed by atoms with Crippen LogP contribution in [-0.4, -0.2) is 26.8 Å². The number of alkyl halides is 6. The minimum absolute atomic E-state index is 0. The van der Waals surface area contributed by atoms with E-state index in [1.807, 2.05) is 0 Å². The molecule has 0 unspecified atom stereocenters. The number of halogens is 7. The Morgan fingerprint density at radius 1 is 1.04 bits per heavy atom. The van der Waals surface area contributed by atoms with E-state index in [4.69, 9.17) is 0 Å². The number of Topliss-reactive ketones (excluding diaryl/α,β-unsaturated/α-hetero) is 1. The molecule has 0 aliphatic rings. The molecule has 12 heteroatoms. The standard InChI is InChI=1S/C12H5F7N2O2.Mn/c13-5-1-3-6(4-2-5)21-10(23)7(9(22)12(17,18)19)8(20-21)11(14,15)16;/h1-4,23H;. The third kappa shape index (κ3) is 3.70. The van der Waals surface area contributed by atoms with Crippen LogP contribution in [0.25, 0.3) is 5.69 Å². The van der Waals surface area contributed by atoms with Crippen LogP contribution in [0.5, 0.6) is 5.88 Å². The second-order valence-corrected chi connectivity index (χ2v) is 4.26. The van der Waals surface area contributed by atoms with Crippen molar-refractivity contribution >= 4 is 5.78 Å². The Morgan fingerprint density at radius 3 is 1.96 bits per heavy atom. The predicted molar refractivity (Wildman–Crippen MR) is 60.6 cm³/mol. The second kappa shape index (κ2) is 6.44. The fourth-order valence-electron chi connectivity index (χ4n) is 1.72. The maximum absolute atomic E-state index is 12.8. The van der Waals surface area contributed by atoms with E-state index in [0.717, 1.165) is 24.3 Å². The maximum Gasteiger partial charge on any atom is 0.455 e. The molecule has 1 radical (unpaired) electrons. The number of rotatable bonds is 2. The van der Waals surface area contributed by atoms with Gasteiger partial charge >= 0.3 is 12.4 Å². The number of ketones is 1. The van der Waals surface area contributed by atoms with Crippen molar-refractivity contribution in [3.63, 3.8) is 0 Å². The van der Waals surface area contributed by atoms with E-state index in [1.165, 1.54) is 0 Å². The topological polar surface area (TPSA) is 55.1 Å². The average Bonchev–Trinajstić information content (AvgIpc) is 2.75. The molecule has 1 aromatic heterocycles. The molecule has 0 saturated carbocycles. The van der Waals surface area contributed by atoms with Crippen molar-refractivity contribution in [3.8, 4) is 11.6 Å². The summed E-state index contributed by atoms with van der Waals surface area (Å²) < 4.78 is 88.6. The molecule has 0 amide bonds. The van der Waals surface area contributed by atoms with Crippen molar-refractivity contribution in [2.24, 2.45) is 0 Å². The van der Waals surface area contributed by atoms with Gasteiger partial charge in [0.05, 0.1) is 5.69 Å². The van der Waals surface area contributed by atoms with Gasteiger partial charge in [0.25, 0.3) is 5.78 Å². The summed E-state index contributed by atoms with van der Waals surface area (Å²) in [6, 6.07) is 3.30. The maximum atomic E-state index is 12.8. The third-order valence-electron chi connectivity index (χ3n) is 2.69. The first-order valence-electron chi connectivity index (χ1n) is 5.69. The molecule has 2 aromatic rings. The summed E-state index contributed by atoms with van der Waals surface area (Å²) in [6.07, 6.45) is -11.1. The second-order valence-electron chi connectivity index (χ2n) is 4.26. The van der Waals surface area contributed by atoms with Crippen LogP contribution in [0.1, 0.15) is 16.1 Å². The Kier molecular flexibility index (Phi) is 5.36. The average molecular weight is 397 g/mol. The molecule has 0 aliphatic heterocycles. The van der Waals surface area contributed by atoms with Crippen LogP contribution in [0.2, 0.25) is 0 Å². The molecule has 1 heterocycles. The number of benzene rings is 1. The van der Waals surface area contributed by atoms with Crippen LogP contribution in [0.3, 0.4) is 0 Å². The van der Waals surface area contributed by atoms with Gasteiger partial charge in [-0.25, -0.2) is 4.39 Å². The van der Waals surface area contributed by atoms with Crippen molar-refractivity contribution < 1.29 is 57.7 Å². The molecule has 0 saturated heterocycles. The van der Waals surface area contributed by atoms with Gasteiger partial charge < -0.3 is 5.11 Å². The summed E-state index contributed by atoms with van der Waals surface area (Å²) in [5, 5.41) is 12.4. The summed E-state index contributed by atoms with van der Waals surface area (Å²) in [4.78, 5) is 11.2.